The van der Waals surface area contributed by atoms with Gasteiger partial charge in [-0.2, -0.15) is 0 Å². The quantitative estimate of drug-likeness (QED) is 0.377. The third-order valence-corrected chi connectivity index (χ3v) is 6.93. The van der Waals surface area contributed by atoms with Crippen molar-refractivity contribution in [2.75, 3.05) is 6.54 Å². The van der Waals surface area contributed by atoms with Crippen LogP contribution in [0.1, 0.15) is 55.9 Å². The average Bonchev–Trinajstić information content (AvgIpc) is 2.87. The van der Waals surface area contributed by atoms with Crippen LogP contribution in [-0.2, 0) is 4.79 Å². The van der Waals surface area contributed by atoms with Gasteiger partial charge in [0.05, 0.1) is 18.2 Å². The first-order chi connectivity index (χ1) is 16.8. The van der Waals surface area contributed by atoms with Gasteiger partial charge in [-0.05, 0) is 55.6 Å². The Morgan fingerprint density at radius 3 is 1.86 bits per heavy atom. The van der Waals surface area contributed by atoms with Crippen molar-refractivity contribution in [2.45, 2.75) is 69.5 Å². The smallest absolute Gasteiger partial charge is 0.253 e. The maximum Gasteiger partial charge on any atom is 0.253 e. The van der Waals surface area contributed by atoms with E-state index in [4.69, 9.17) is 0 Å². The zero-order valence-corrected chi connectivity index (χ0v) is 19.9. The van der Waals surface area contributed by atoms with Gasteiger partial charge in [0, 0.05) is 6.54 Å². The molecule has 1 saturated heterocycles. The van der Waals surface area contributed by atoms with Crippen molar-refractivity contribution < 1.29 is 28.2 Å². The number of likely N-dealkylation sites (N-methyl/N-ethyl adjacent to an activating group) is 1. The van der Waals surface area contributed by atoms with E-state index in [0.29, 0.717) is 11.1 Å². The van der Waals surface area contributed by atoms with Gasteiger partial charge in [-0.3, -0.25) is 10.1 Å². The summed E-state index contributed by atoms with van der Waals surface area (Å²) in [6, 6.07) is 15.0. The first kappa shape index (κ1) is 27.2. The van der Waals surface area contributed by atoms with Crippen LogP contribution in [0.3, 0.4) is 0 Å². The minimum absolute atomic E-state index is 0.129. The van der Waals surface area contributed by atoms with E-state index in [0.717, 1.165) is 0 Å². The molecule has 1 fully saturated rings. The topological polar surface area (TPSA) is 81.6 Å². The normalized spacial score (nSPS) is 26.3. The van der Waals surface area contributed by atoms with Crippen LogP contribution in [0, 0.1) is 11.8 Å². The van der Waals surface area contributed by atoms with Crippen molar-refractivity contribution in [3.8, 4) is 0 Å². The summed E-state index contributed by atoms with van der Waals surface area (Å²) in [6.45, 7) is 1.94. The molecule has 1 aliphatic rings. The van der Waals surface area contributed by atoms with Gasteiger partial charge in [-0.15, -0.1) is 0 Å². The Morgan fingerprint density at radius 1 is 0.914 bits per heavy atom. The highest BCUT2D eigenvalue weighted by Gasteiger charge is 2.49. The van der Waals surface area contributed by atoms with Gasteiger partial charge in [0.2, 0.25) is 5.91 Å². The third kappa shape index (κ3) is 7.06. The van der Waals surface area contributed by atoms with Gasteiger partial charge in [0.15, 0.2) is 0 Å². The third-order valence-electron chi connectivity index (χ3n) is 6.93. The molecule has 0 aromatic heterocycles. The van der Waals surface area contributed by atoms with Gasteiger partial charge in [-0.1, -0.05) is 60.7 Å². The molecule has 0 radical (unpaired) electrons. The van der Waals surface area contributed by atoms with Crippen molar-refractivity contribution in [3.63, 3.8) is 0 Å². The van der Waals surface area contributed by atoms with E-state index < -0.39 is 54.6 Å². The Kier molecular flexibility index (Phi) is 10.1. The SMILES string of the molecule is CCNC(=O)[C@H]1N[C@H](C(F)F)[C@H](CCC(O)c2ccccc2)[C@H](CCC(O)c2ccccc2)[C@H]1F. The highest BCUT2D eigenvalue weighted by Crippen LogP contribution is 2.40. The minimum atomic E-state index is -2.82. The maximum absolute atomic E-state index is 15.8. The van der Waals surface area contributed by atoms with Crippen molar-refractivity contribution in [1.29, 1.82) is 0 Å². The minimum Gasteiger partial charge on any atom is -0.388 e. The molecule has 1 amide bonds. The first-order valence-corrected chi connectivity index (χ1v) is 12.3. The van der Waals surface area contributed by atoms with Crippen LogP contribution in [0.5, 0.6) is 0 Å². The molecule has 1 aliphatic heterocycles. The van der Waals surface area contributed by atoms with Crippen LogP contribution in [-0.4, -0.2) is 47.3 Å². The van der Waals surface area contributed by atoms with Crippen molar-refractivity contribution in [1.82, 2.24) is 10.6 Å². The van der Waals surface area contributed by atoms with E-state index in [1.165, 1.54) is 0 Å². The summed E-state index contributed by atoms with van der Waals surface area (Å²) in [6.07, 6.45) is -5.65. The number of rotatable bonds is 11. The van der Waals surface area contributed by atoms with E-state index in [-0.39, 0.29) is 32.2 Å². The second kappa shape index (κ2) is 13.0. The second-order valence-electron chi connectivity index (χ2n) is 9.18. The fourth-order valence-electron chi connectivity index (χ4n) is 5.09. The molecule has 2 aromatic rings. The van der Waals surface area contributed by atoms with E-state index in [9.17, 15) is 23.8 Å². The molecular weight excluding hydrogens is 457 g/mol. The lowest BCUT2D eigenvalue weighted by Gasteiger charge is -2.45. The van der Waals surface area contributed by atoms with Crippen LogP contribution in [0.15, 0.2) is 60.7 Å². The number of hydrogen-bond acceptors (Lipinski definition) is 4. The summed E-state index contributed by atoms with van der Waals surface area (Å²) in [4.78, 5) is 12.5. The molecular formula is C27H35F3N2O3. The summed E-state index contributed by atoms with van der Waals surface area (Å²) >= 11 is 0. The lowest BCUT2D eigenvalue weighted by molar-refractivity contribution is -0.130. The maximum atomic E-state index is 15.8. The number of halogens is 3. The molecule has 7 atom stereocenters. The number of benzene rings is 2. The van der Waals surface area contributed by atoms with Crippen LogP contribution in [0.2, 0.25) is 0 Å². The van der Waals surface area contributed by atoms with E-state index in [1.54, 1.807) is 55.5 Å². The van der Waals surface area contributed by atoms with Crippen LogP contribution < -0.4 is 10.6 Å². The van der Waals surface area contributed by atoms with E-state index >= 15 is 4.39 Å². The molecule has 2 aromatic carbocycles. The Balaban J connectivity index is 1.81. The number of hydrogen-bond donors (Lipinski definition) is 4. The molecule has 1 heterocycles. The summed E-state index contributed by atoms with van der Waals surface area (Å²) in [7, 11) is 0. The lowest BCUT2D eigenvalue weighted by Crippen LogP contribution is -2.65. The Labute approximate surface area is 204 Å². The highest BCUT2D eigenvalue weighted by molar-refractivity contribution is 5.82. The lowest BCUT2D eigenvalue weighted by atomic mass is 9.71. The zero-order chi connectivity index (χ0) is 25.4. The Morgan fingerprint density at radius 2 is 1.40 bits per heavy atom. The molecule has 8 heteroatoms. The number of nitrogens with one attached hydrogen (secondary N) is 2. The molecule has 5 nitrogen and oxygen atoms in total. The standard InChI is InChI=1S/C27H35F3N2O3/c1-2-31-27(35)25-23(28)19(13-15-21(33)17-9-5-3-6-10-17)20(24(32-25)26(29)30)14-16-22(34)18-11-7-4-8-12-18/h3-12,19-26,32-34H,2,13-16H2,1H3,(H,31,35)/t19-,20+,21?,22?,23+,24-,25-/m0/s1. The Bertz CT molecular complexity index is 903. The molecule has 0 bridgehead atoms. The predicted molar refractivity (Wildman–Crippen MR) is 129 cm³/mol. The Hall–Kier alpha value is -2.42. The number of alkyl halides is 3. The fraction of sp³-hybridized carbons (Fsp3) is 0.519. The van der Waals surface area contributed by atoms with Crippen LogP contribution in [0.4, 0.5) is 13.2 Å². The summed E-state index contributed by atoms with van der Waals surface area (Å²) < 4.78 is 44.1. The molecule has 192 valence electrons. The highest BCUT2D eigenvalue weighted by atomic mass is 19.3. The monoisotopic (exact) mass is 492 g/mol. The van der Waals surface area contributed by atoms with E-state index in [2.05, 4.69) is 10.6 Å². The molecule has 0 aliphatic carbocycles. The summed E-state index contributed by atoms with van der Waals surface area (Å²) in [5, 5.41) is 26.3. The largest absolute Gasteiger partial charge is 0.388 e. The molecule has 35 heavy (non-hydrogen) atoms. The van der Waals surface area contributed by atoms with Crippen molar-refractivity contribution >= 4 is 5.91 Å². The number of aliphatic hydroxyl groups is 2. The molecule has 2 unspecified atom stereocenters. The number of carbonyl (C=O) groups is 1. The van der Waals surface area contributed by atoms with Gasteiger partial charge in [-0.25, -0.2) is 13.2 Å². The fourth-order valence-corrected chi connectivity index (χ4v) is 5.09. The van der Waals surface area contributed by atoms with Crippen molar-refractivity contribution in [2.24, 2.45) is 11.8 Å². The summed E-state index contributed by atoms with van der Waals surface area (Å²) in [5.74, 6) is -2.36. The number of aliphatic hydroxyl groups excluding tert-OH is 2. The van der Waals surface area contributed by atoms with Gasteiger partial charge in [0.25, 0.3) is 6.43 Å². The summed E-state index contributed by atoms with van der Waals surface area (Å²) in [5.41, 5.74) is 1.33. The van der Waals surface area contributed by atoms with Gasteiger partial charge < -0.3 is 15.5 Å². The zero-order valence-electron chi connectivity index (χ0n) is 19.9. The van der Waals surface area contributed by atoms with Crippen LogP contribution >= 0.6 is 0 Å². The molecule has 3 rings (SSSR count). The molecule has 0 saturated carbocycles. The first-order valence-electron chi connectivity index (χ1n) is 12.3. The van der Waals surface area contributed by atoms with Gasteiger partial charge in [0.1, 0.15) is 12.2 Å². The second-order valence-corrected chi connectivity index (χ2v) is 9.18. The number of carbonyl (C=O) groups excluding carboxylic acids is 1. The predicted octanol–water partition coefficient (Wildman–Crippen LogP) is 4.33. The molecule has 0 spiro atoms. The number of amides is 1. The molecule has 4 N–H and O–H groups in total. The number of piperidine rings is 1. The van der Waals surface area contributed by atoms with Crippen molar-refractivity contribution in [3.05, 3.63) is 71.8 Å². The average molecular weight is 493 g/mol. The van der Waals surface area contributed by atoms with Gasteiger partial charge >= 0.3 is 0 Å². The van der Waals surface area contributed by atoms with E-state index in [1.807, 2.05) is 12.1 Å². The van der Waals surface area contributed by atoms with Crippen LogP contribution in [0.25, 0.3) is 0 Å².